The van der Waals surface area contributed by atoms with Gasteiger partial charge in [-0.1, -0.05) is 12.8 Å². The summed E-state index contributed by atoms with van der Waals surface area (Å²) in [5.41, 5.74) is 0. The predicted molar refractivity (Wildman–Crippen MR) is 80.3 cm³/mol. The van der Waals surface area contributed by atoms with E-state index in [4.69, 9.17) is 17.0 Å². The highest BCUT2D eigenvalue weighted by Crippen LogP contribution is 2.22. The molecule has 5 heteroatoms. The van der Waals surface area contributed by atoms with Crippen LogP contribution in [0.15, 0.2) is 0 Å². The number of ether oxygens (including phenoxy) is 1. The van der Waals surface area contributed by atoms with E-state index < -0.39 is 0 Å². The van der Waals surface area contributed by atoms with E-state index in [2.05, 4.69) is 15.5 Å². The summed E-state index contributed by atoms with van der Waals surface area (Å²) in [5, 5.41) is 7.55. The van der Waals surface area contributed by atoms with Gasteiger partial charge in [-0.05, 0) is 44.4 Å². The van der Waals surface area contributed by atoms with Crippen molar-refractivity contribution in [2.75, 3.05) is 26.2 Å². The van der Waals surface area contributed by atoms with Crippen molar-refractivity contribution in [3.63, 3.8) is 0 Å². The van der Waals surface area contributed by atoms with E-state index >= 15 is 0 Å². The minimum Gasteiger partial charge on any atom is -0.373 e. The molecule has 2 aliphatic heterocycles. The normalized spacial score (nSPS) is 32.2. The molecule has 0 radical (unpaired) electrons. The smallest absolute Gasteiger partial charge is 0.166 e. The Balaban J connectivity index is 1.36. The Labute approximate surface area is 121 Å². The van der Waals surface area contributed by atoms with Gasteiger partial charge < -0.3 is 15.4 Å². The summed E-state index contributed by atoms with van der Waals surface area (Å²) in [4.78, 5) is 2.57. The van der Waals surface area contributed by atoms with E-state index in [1.807, 2.05) is 0 Å². The van der Waals surface area contributed by atoms with Gasteiger partial charge >= 0.3 is 0 Å². The second-order valence-electron chi connectivity index (χ2n) is 6.08. The van der Waals surface area contributed by atoms with E-state index in [0.29, 0.717) is 12.1 Å². The molecule has 1 saturated carbocycles. The van der Waals surface area contributed by atoms with Gasteiger partial charge in [0.25, 0.3) is 0 Å². The maximum absolute atomic E-state index is 5.92. The van der Waals surface area contributed by atoms with E-state index in [0.717, 1.165) is 24.8 Å². The summed E-state index contributed by atoms with van der Waals surface area (Å²) in [6.07, 6.45) is 8.12. The first-order valence-electron chi connectivity index (χ1n) is 7.71. The van der Waals surface area contributed by atoms with E-state index in [-0.39, 0.29) is 6.10 Å². The molecule has 0 aromatic rings. The average molecular weight is 283 g/mol. The Hall–Kier alpha value is -0.390. The monoisotopic (exact) mass is 283 g/mol. The molecule has 108 valence electrons. The molecule has 2 heterocycles. The summed E-state index contributed by atoms with van der Waals surface area (Å²) < 4.78 is 5.92. The van der Waals surface area contributed by atoms with Crippen LogP contribution in [0.1, 0.15) is 38.5 Å². The van der Waals surface area contributed by atoms with Crippen LogP contribution >= 0.6 is 12.2 Å². The number of nitrogens with zero attached hydrogens (tertiary/aromatic N) is 1. The largest absolute Gasteiger partial charge is 0.373 e. The van der Waals surface area contributed by atoms with Crippen LogP contribution in [-0.4, -0.2) is 54.4 Å². The van der Waals surface area contributed by atoms with Crippen LogP contribution in [0.3, 0.4) is 0 Å². The molecule has 3 aliphatic rings. The fourth-order valence-corrected chi connectivity index (χ4v) is 3.77. The van der Waals surface area contributed by atoms with Gasteiger partial charge in [0.2, 0.25) is 0 Å². The molecule has 0 aromatic carbocycles. The number of hydrogen-bond donors (Lipinski definition) is 2. The lowest BCUT2D eigenvalue weighted by Gasteiger charge is -2.35. The fourth-order valence-electron chi connectivity index (χ4n) is 3.52. The minimum atomic E-state index is 0.290. The fraction of sp³-hybridized carbons (Fsp3) is 0.929. The van der Waals surface area contributed by atoms with Gasteiger partial charge in [0.1, 0.15) is 0 Å². The zero-order valence-corrected chi connectivity index (χ0v) is 12.4. The van der Waals surface area contributed by atoms with Crippen molar-refractivity contribution in [1.82, 2.24) is 15.5 Å². The van der Waals surface area contributed by atoms with Gasteiger partial charge in [0.15, 0.2) is 5.11 Å². The second kappa shape index (κ2) is 6.37. The SMILES string of the molecule is S=C(NCC1CN2CCCC2CO1)NC1CCCC1. The van der Waals surface area contributed by atoms with Gasteiger partial charge in [-0.2, -0.15) is 0 Å². The molecule has 0 amide bonds. The summed E-state index contributed by atoms with van der Waals surface area (Å²) >= 11 is 5.36. The molecule has 0 spiro atoms. The second-order valence-corrected chi connectivity index (χ2v) is 6.49. The standard InChI is InChI=1S/C14H25N3OS/c19-14(16-11-4-1-2-5-11)15-8-13-9-17-7-3-6-12(17)10-18-13/h11-13H,1-10H2,(H2,15,16,19). The molecule has 19 heavy (non-hydrogen) atoms. The molecule has 3 rings (SSSR count). The molecule has 3 fully saturated rings. The summed E-state index contributed by atoms with van der Waals surface area (Å²) in [6.45, 7) is 4.04. The highest BCUT2D eigenvalue weighted by Gasteiger charge is 2.32. The van der Waals surface area contributed by atoms with Gasteiger partial charge in [-0.15, -0.1) is 0 Å². The molecule has 0 aromatic heterocycles. The molecule has 2 N–H and O–H groups in total. The van der Waals surface area contributed by atoms with Crippen LogP contribution in [-0.2, 0) is 4.74 Å². The van der Waals surface area contributed by atoms with Crippen molar-refractivity contribution in [3.05, 3.63) is 0 Å². The van der Waals surface area contributed by atoms with Gasteiger partial charge in [-0.25, -0.2) is 0 Å². The lowest BCUT2D eigenvalue weighted by molar-refractivity contribution is -0.0452. The number of nitrogens with one attached hydrogen (secondary N) is 2. The van der Waals surface area contributed by atoms with Crippen LogP contribution in [0.5, 0.6) is 0 Å². The molecular formula is C14H25N3OS. The molecule has 2 atom stereocenters. The van der Waals surface area contributed by atoms with Crippen LogP contribution in [0.2, 0.25) is 0 Å². The van der Waals surface area contributed by atoms with E-state index in [1.165, 1.54) is 45.1 Å². The van der Waals surface area contributed by atoms with Crippen LogP contribution < -0.4 is 10.6 Å². The minimum absolute atomic E-state index is 0.290. The Bertz CT molecular complexity index is 320. The molecule has 1 aliphatic carbocycles. The lowest BCUT2D eigenvalue weighted by Crippen LogP contribution is -2.51. The first-order chi connectivity index (χ1) is 9.31. The van der Waals surface area contributed by atoms with Crippen molar-refractivity contribution in [2.24, 2.45) is 0 Å². The van der Waals surface area contributed by atoms with Crippen molar-refractivity contribution in [1.29, 1.82) is 0 Å². The summed E-state index contributed by atoms with van der Waals surface area (Å²) in [5.74, 6) is 0. The Kier molecular flexibility index (Phi) is 4.56. The highest BCUT2D eigenvalue weighted by molar-refractivity contribution is 7.80. The maximum Gasteiger partial charge on any atom is 0.166 e. The summed E-state index contributed by atoms with van der Waals surface area (Å²) in [6, 6.07) is 1.27. The highest BCUT2D eigenvalue weighted by atomic mass is 32.1. The molecular weight excluding hydrogens is 258 g/mol. The van der Waals surface area contributed by atoms with E-state index in [1.54, 1.807) is 0 Å². The van der Waals surface area contributed by atoms with Crippen molar-refractivity contribution < 1.29 is 4.74 Å². The molecule has 0 bridgehead atoms. The third-order valence-electron chi connectivity index (χ3n) is 4.64. The van der Waals surface area contributed by atoms with Crippen LogP contribution in [0, 0.1) is 0 Å². The Morgan fingerprint density at radius 2 is 2.05 bits per heavy atom. The third-order valence-corrected chi connectivity index (χ3v) is 4.90. The zero-order valence-electron chi connectivity index (χ0n) is 11.6. The van der Waals surface area contributed by atoms with E-state index in [9.17, 15) is 0 Å². The Morgan fingerprint density at radius 3 is 2.89 bits per heavy atom. The summed E-state index contributed by atoms with van der Waals surface area (Å²) in [7, 11) is 0. The quantitative estimate of drug-likeness (QED) is 0.763. The Morgan fingerprint density at radius 1 is 1.21 bits per heavy atom. The zero-order chi connectivity index (χ0) is 13.1. The maximum atomic E-state index is 5.92. The lowest BCUT2D eigenvalue weighted by atomic mass is 10.2. The van der Waals surface area contributed by atoms with Crippen LogP contribution in [0.25, 0.3) is 0 Å². The van der Waals surface area contributed by atoms with Gasteiger partial charge in [-0.3, -0.25) is 4.90 Å². The number of fused-ring (bicyclic) bond motifs is 1. The predicted octanol–water partition coefficient (Wildman–Crippen LogP) is 1.26. The van der Waals surface area contributed by atoms with Crippen molar-refractivity contribution >= 4 is 17.3 Å². The topological polar surface area (TPSA) is 36.5 Å². The van der Waals surface area contributed by atoms with Gasteiger partial charge in [0.05, 0.1) is 12.7 Å². The average Bonchev–Trinajstić information content (AvgIpc) is 3.06. The molecule has 2 unspecified atom stereocenters. The van der Waals surface area contributed by atoms with Crippen LogP contribution in [0.4, 0.5) is 0 Å². The van der Waals surface area contributed by atoms with Crippen molar-refractivity contribution in [2.45, 2.75) is 56.7 Å². The number of morpholine rings is 1. The molecule has 2 saturated heterocycles. The third kappa shape index (κ3) is 3.58. The van der Waals surface area contributed by atoms with Gasteiger partial charge in [0, 0.05) is 25.2 Å². The number of rotatable bonds is 3. The first-order valence-corrected chi connectivity index (χ1v) is 8.12. The first kappa shape index (κ1) is 13.6. The number of thiocarbonyl (C=S) groups is 1. The number of hydrogen-bond acceptors (Lipinski definition) is 3. The van der Waals surface area contributed by atoms with Crippen molar-refractivity contribution in [3.8, 4) is 0 Å². The molecule has 4 nitrogen and oxygen atoms in total.